The maximum absolute atomic E-state index is 5.56. The molecule has 1 heterocycles. The van der Waals surface area contributed by atoms with Crippen molar-refractivity contribution in [2.24, 2.45) is 0 Å². The minimum Gasteiger partial charge on any atom is -0.475 e. The lowest BCUT2D eigenvalue weighted by Gasteiger charge is -2.11. The van der Waals surface area contributed by atoms with Crippen LogP contribution < -0.4 is 10.1 Å². The molecule has 0 amide bonds. The number of hydrogen-bond acceptors (Lipinski definition) is 4. The van der Waals surface area contributed by atoms with E-state index in [9.17, 15) is 0 Å². The number of allylic oxidation sites excluding steroid dienone is 1. The fourth-order valence-corrected chi connectivity index (χ4v) is 1.35. The lowest BCUT2D eigenvalue weighted by molar-refractivity contribution is 0.232. The third kappa shape index (κ3) is 5.33. The number of rotatable bonds is 6. The van der Waals surface area contributed by atoms with Gasteiger partial charge in [0.25, 0.3) is 0 Å². The quantitative estimate of drug-likeness (QED) is 0.608. The highest BCUT2D eigenvalue weighted by Gasteiger charge is 2.04. The highest BCUT2D eigenvalue weighted by atomic mass is 16.5. The van der Waals surface area contributed by atoms with E-state index in [1.54, 1.807) is 0 Å². The number of nitrogens with one attached hydrogen (secondary N) is 1. The van der Waals surface area contributed by atoms with E-state index >= 15 is 0 Å². The highest BCUT2D eigenvalue weighted by molar-refractivity contribution is 5.30. The van der Waals surface area contributed by atoms with Crippen LogP contribution in [0.5, 0.6) is 5.88 Å². The van der Waals surface area contributed by atoms with Crippen LogP contribution in [0.25, 0.3) is 0 Å². The van der Waals surface area contributed by atoms with Gasteiger partial charge in [-0.15, -0.1) is 0 Å². The zero-order valence-corrected chi connectivity index (χ0v) is 11.0. The molecule has 4 heteroatoms. The van der Waals surface area contributed by atoms with Gasteiger partial charge in [0.05, 0.1) is 6.10 Å². The molecule has 0 fully saturated rings. The van der Waals surface area contributed by atoms with Crippen LogP contribution in [0.2, 0.25) is 0 Å². The molecule has 0 aromatic carbocycles. The first kappa shape index (κ1) is 13.5. The number of nitrogens with zero attached hydrogens (tertiary/aromatic N) is 2. The van der Waals surface area contributed by atoms with Gasteiger partial charge in [-0.05, 0) is 34.1 Å². The van der Waals surface area contributed by atoms with Crippen molar-refractivity contribution >= 4 is 5.95 Å². The van der Waals surface area contributed by atoms with Crippen molar-refractivity contribution in [3.63, 3.8) is 0 Å². The number of ether oxygens (including phenoxy) is 1. The second-order valence-electron chi connectivity index (χ2n) is 4.12. The molecule has 0 spiro atoms. The van der Waals surface area contributed by atoms with Gasteiger partial charge in [0.1, 0.15) is 0 Å². The van der Waals surface area contributed by atoms with Gasteiger partial charge in [-0.25, -0.2) is 4.98 Å². The van der Waals surface area contributed by atoms with Gasteiger partial charge in [0.2, 0.25) is 11.8 Å². The molecule has 0 aliphatic heterocycles. The monoisotopic (exact) mass is 235 g/mol. The van der Waals surface area contributed by atoms with Crippen LogP contribution in [-0.4, -0.2) is 22.6 Å². The predicted molar refractivity (Wildman–Crippen MR) is 70.5 cm³/mol. The predicted octanol–water partition coefficient (Wildman–Crippen LogP) is 2.95. The molecule has 0 saturated heterocycles. The summed E-state index contributed by atoms with van der Waals surface area (Å²) < 4.78 is 5.56. The van der Waals surface area contributed by atoms with E-state index in [4.69, 9.17) is 4.74 Å². The molecular weight excluding hydrogens is 214 g/mol. The molecule has 0 saturated carbocycles. The summed E-state index contributed by atoms with van der Waals surface area (Å²) in [7, 11) is 0. The van der Waals surface area contributed by atoms with Gasteiger partial charge in [0, 0.05) is 18.3 Å². The summed E-state index contributed by atoms with van der Waals surface area (Å²) in [4.78, 5) is 8.62. The van der Waals surface area contributed by atoms with Crippen LogP contribution in [0.15, 0.2) is 18.2 Å². The molecule has 1 aromatic heterocycles. The Morgan fingerprint density at radius 1 is 1.41 bits per heavy atom. The molecule has 0 aliphatic rings. The van der Waals surface area contributed by atoms with E-state index < -0.39 is 0 Å². The maximum Gasteiger partial charge on any atom is 0.226 e. The van der Waals surface area contributed by atoms with Gasteiger partial charge < -0.3 is 10.1 Å². The van der Waals surface area contributed by atoms with Crippen LogP contribution in [0.3, 0.4) is 0 Å². The van der Waals surface area contributed by atoms with E-state index in [2.05, 4.69) is 21.4 Å². The zero-order valence-electron chi connectivity index (χ0n) is 11.0. The van der Waals surface area contributed by atoms with E-state index in [1.165, 1.54) is 0 Å². The van der Waals surface area contributed by atoms with E-state index in [-0.39, 0.29) is 6.10 Å². The summed E-state index contributed by atoms with van der Waals surface area (Å²) in [6.45, 7) is 8.74. The van der Waals surface area contributed by atoms with Crippen molar-refractivity contribution in [3.8, 4) is 5.88 Å². The third-order valence-corrected chi connectivity index (χ3v) is 2.02. The third-order valence-electron chi connectivity index (χ3n) is 2.02. The molecule has 94 valence electrons. The minimum atomic E-state index is 0.125. The Labute approximate surface area is 103 Å². The van der Waals surface area contributed by atoms with Crippen molar-refractivity contribution < 1.29 is 4.74 Å². The van der Waals surface area contributed by atoms with E-state index in [0.717, 1.165) is 18.7 Å². The number of aromatic nitrogens is 2. The molecule has 1 rings (SSSR count). The smallest absolute Gasteiger partial charge is 0.226 e. The number of aryl methyl sites for hydroxylation is 1. The summed E-state index contributed by atoms with van der Waals surface area (Å²) in [6, 6.07) is 1.84. The Balaban J connectivity index is 2.62. The highest BCUT2D eigenvalue weighted by Crippen LogP contribution is 2.13. The summed E-state index contributed by atoms with van der Waals surface area (Å²) >= 11 is 0. The Morgan fingerprint density at radius 3 is 2.82 bits per heavy atom. The van der Waals surface area contributed by atoms with Crippen molar-refractivity contribution in [1.29, 1.82) is 0 Å². The number of hydrogen-bond donors (Lipinski definition) is 1. The van der Waals surface area contributed by atoms with Gasteiger partial charge in [-0.3, -0.25) is 0 Å². The van der Waals surface area contributed by atoms with Crippen molar-refractivity contribution in [3.05, 3.63) is 23.9 Å². The molecule has 0 unspecified atom stereocenters. The molecule has 0 atom stereocenters. The molecule has 4 nitrogen and oxygen atoms in total. The minimum absolute atomic E-state index is 0.125. The molecule has 0 radical (unpaired) electrons. The van der Waals surface area contributed by atoms with Gasteiger partial charge >= 0.3 is 0 Å². The first-order chi connectivity index (χ1) is 8.11. The first-order valence-electron chi connectivity index (χ1n) is 5.99. The van der Waals surface area contributed by atoms with Crippen LogP contribution in [0.1, 0.15) is 32.9 Å². The van der Waals surface area contributed by atoms with Crippen LogP contribution in [-0.2, 0) is 0 Å². The normalized spacial score (nSPS) is 11.1. The SMILES string of the molecule is C/C=C/CCNc1nc(C)cc(OC(C)C)n1. The fourth-order valence-electron chi connectivity index (χ4n) is 1.35. The summed E-state index contributed by atoms with van der Waals surface area (Å²) in [6.07, 6.45) is 5.23. The lowest BCUT2D eigenvalue weighted by atomic mass is 10.4. The van der Waals surface area contributed by atoms with Gasteiger partial charge in [0.15, 0.2) is 0 Å². The average molecular weight is 235 g/mol. The largest absolute Gasteiger partial charge is 0.475 e. The molecule has 1 N–H and O–H groups in total. The molecule has 0 bridgehead atoms. The van der Waals surface area contributed by atoms with Gasteiger partial charge in [-0.1, -0.05) is 12.2 Å². The number of anilines is 1. The van der Waals surface area contributed by atoms with E-state index in [0.29, 0.717) is 11.8 Å². The fraction of sp³-hybridized carbons (Fsp3) is 0.538. The van der Waals surface area contributed by atoms with Crippen molar-refractivity contribution in [1.82, 2.24) is 9.97 Å². The van der Waals surface area contributed by atoms with Crippen molar-refractivity contribution in [2.75, 3.05) is 11.9 Å². The Kier molecular flexibility index (Phi) is 5.46. The van der Waals surface area contributed by atoms with Crippen LogP contribution in [0, 0.1) is 6.92 Å². The standard InChI is InChI=1S/C13H21N3O/c1-5-6-7-8-14-13-15-11(4)9-12(16-13)17-10(2)3/h5-6,9-10H,7-8H2,1-4H3,(H,14,15,16)/b6-5+. The molecule has 1 aromatic rings. The first-order valence-corrected chi connectivity index (χ1v) is 5.99. The average Bonchev–Trinajstić information content (AvgIpc) is 2.22. The lowest BCUT2D eigenvalue weighted by Crippen LogP contribution is -2.10. The van der Waals surface area contributed by atoms with Crippen molar-refractivity contribution in [2.45, 2.75) is 40.2 Å². The molecule has 0 aliphatic carbocycles. The zero-order chi connectivity index (χ0) is 12.7. The summed E-state index contributed by atoms with van der Waals surface area (Å²) in [5.74, 6) is 1.26. The topological polar surface area (TPSA) is 47.0 Å². The van der Waals surface area contributed by atoms with Gasteiger partial charge in [-0.2, -0.15) is 4.98 Å². The maximum atomic E-state index is 5.56. The molecule has 17 heavy (non-hydrogen) atoms. The Hall–Kier alpha value is -1.58. The second-order valence-corrected chi connectivity index (χ2v) is 4.12. The second kappa shape index (κ2) is 6.89. The van der Waals surface area contributed by atoms with Crippen LogP contribution in [0.4, 0.5) is 5.95 Å². The molecular formula is C13H21N3O. The summed E-state index contributed by atoms with van der Waals surface area (Å²) in [5, 5.41) is 3.18. The Bertz CT molecular complexity index is 375. The van der Waals surface area contributed by atoms with Crippen LogP contribution >= 0.6 is 0 Å². The van der Waals surface area contributed by atoms with E-state index in [1.807, 2.05) is 39.8 Å². The summed E-state index contributed by atoms with van der Waals surface area (Å²) in [5.41, 5.74) is 0.907. The Morgan fingerprint density at radius 2 is 2.18 bits per heavy atom.